The minimum atomic E-state index is -0.328. The van der Waals surface area contributed by atoms with E-state index in [1.165, 1.54) is 0 Å². The van der Waals surface area contributed by atoms with E-state index in [0.29, 0.717) is 11.6 Å². The standard InChI is InChI=1S/C16H20N4O2S/c1-11-9-14(3-4-15(11)20(21)22)19-7-5-13(6-8-19)18-16-17-12(2)10-23-16/h3-4,9-10,13H,5-8H2,1-2H3,(H,17,18). The van der Waals surface area contributed by atoms with E-state index in [2.05, 4.69) is 20.6 Å². The number of hydrogen-bond donors (Lipinski definition) is 1. The molecule has 6 nitrogen and oxygen atoms in total. The largest absolute Gasteiger partial charge is 0.371 e. The van der Waals surface area contributed by atoms with Crippen LogP contribution >= 0.6 is 11.3 Å². The van der Waals surface area contributed by atoms with Crippen molar-refractivity contribution in [3.63, 3.8) is 0 Å². The molecule has 2 aromatic rings. The predicted molar refractivity (Wildman–Crippen MR) is 93.5 cm³/mol. The van der Waals surface area contributed by atoms with Gasteiger partial charge in [-0.1, -0.05) is 0 Å². The molecule has 122 valence electrons. The number of nitrogens with zero attached hydrogens (tertiary/aromatic N) is 3. The van der Waals surface area contributed by atoms with E-state index in [4.69, 9.17) is 0 Å². The molecule has 0 aliphatic carbocycles. The Labute approximate surface area is 139 Å². The highest BCUT2D eigenvalue weighted by Gasteiger charge is 2.21. The molecule has 23 heavy (non-hydrogen) atoms. The lowest BCUT2D eigenvalue weighted by molar-refractivity contribution is -0.385. The lowest BCUT2D eigenvalue weighted by Crippen LogP contribution is -2.39. The number of rotatable bonds is 4. The van der Waals surface area contributed by atoms with Gasteiger partial charge >= 0.3 is 0 Å². The predicted octanol–water partition coefficient (Wildman–Crippen LogP) is 3.75. The maximum atomic E-state index is 10.9. The van der Waals surface area contributed by atoms with Gasteiger partial charge in [-0.3, -0.25) is 10.1 Å². The maximum Gasteiger partial charge on any atom is 0.272 e. The van der Waals surface area contributed by atoms with E-state index in [0.717, 1.165) is 42.4 Å². The average Bonchev–Trinajstić information content (AvgIpc) is 2.92. The molecule has 1 aliphatic heterocycles. The van der Waals surface area contributed by atoms with Gasteiger partial charge in [0.05, 0.1) is 10.6 Å². The van der Waals surface area contributed by atoms with Crippen LogP contribution in [0, 0.1) is 24.0 Å². The molecule has 1 aliphatic rings. The lowest BCUT2D eigenvalue weighted by Gasteiger charge is -2.34. The van der Waals surface area contributed by atoms with Crippen LogP contribution in [0.1, 0.15) is 24.1 Å². The molecule has 1 aromatic carbocycles. The summed E-state index contributed by atoms with van der Waals surface area (Å²) in [5, 5.41) is 17.5. The topological polar surface area (TPSA) is 71.3 Å². The monoisotopic (exact) mass is 332 g/mol. The number of aryl methyl sites for hydroxylation is 2. The zero-order valence-electron chi connectivity index (χ0n) is 13.3. The fourth-order valence-corrected chi connectivity index (χ4v) is 3.68. The van der Waals surface area contributed by atoms with Crippen LogP contribution in [0.5, 0.6) is 0 Å². The summed E-state index contributed by atoms with van der Waals surface area (Å²) in [5.74, 6) is 0. The summed E-state index contributed by atoms with van der Waals surface area (Å²) in [5.41, 5.74) is 3.02. The van der Waals surface area contributed by atoms with Crippen molar-refractivity contribution in [3.05, 3.63) is 45.0 Å². The first-order valence-electron chi connectivity index (χ1n) is 7.71. The Hall–Kier alpha value is -2.15. The van der Waals surface area contributed by atoms with Gasteiger partial charge in [0.25, 0.3) is 5.69 Å². The van der Waals surface area contributed by atoms with Gasteiger partial charge in [-0.2, -0.15) is 0 Å². The molecule has 1 saturated heterocycles. The van der Waals surface area contributed by atoms with Crippen molar-refractivity contribution >= 4 is 27.8 Å². The first-order valence-corrected chi connectivity index (χ1v) is 8.59. The summed E-state index contributed by atoms with van der Waals surface area (Å²) in [4.78, 5) is 17.3. The second-order valence-electron chi connectivity index (χ2n) is 5.93. The van der Waals surface area contributed by atoms with Gasteiger partial charge in [0.2, 0.25) is 0 Å². The summed E-state index contributed by atoms with van der Waals surface area (Å²) in [6.07, 6.45) is 2.07. The van der Waals surface area contributed by atoms with Gasteiger partial charge in [-0.25, -0.2) is 4.98 Å². The van der Waals surface area contributed by atoms with Crippen molar-refractivity contribution in [1.82, 2.24) is 4.98 Å². The van der Waals surface area contributed by atoms with Crippen LogP contribution in [0.25, 0.3) is 0 Å². The summed E-state index contributed by atoms with van der Waals surface area (Å²) in [6, 6.07) is 5.81. The first kappa shape index (κ1) is 15.7. The van der Waals surface area contributed by atoms with E-state index >= 15 is 0 Å². The molecule has 0 saturated carbocycles. The Morgan fingerprint density at radius 1 is 1.35 bits per heavy atom. The molecule has 1 aromatic heterocycles. The van der Waals surface area contributed by atoms with Crippen LogP contribution in [0.4, 0.5) is 16.5 Å². The zero-order chi connectivity index (χ0) is 16.4. The molecule has 1 N–H and O–H groups in total. The molecule has 7 heteroatoms. The first-order chi connectivity index (χ1) is 11.0. The second-order valence-corrected chi connectivity index (χ2v) is 6.79. The Bertz CT molecular complexity index is 708. The average molecular weight is 332 g/mol. The van der Waals surface area contributed by atoms with Crippen LogP contribution in [-0.2, 0) is 0 Å². The third-order valence-electron chi connectivity index (χ3n) is 4.18. The van der Waals surface area contributed by atoms with Gasteiger partial charge in [0, 0.05) is 41.8 Å². The Balaban J connectivity index is 1.60. The number of nitro benzene ring substituents is 1. The minimum absolute atomic E-state index is 0.185. The summed E-state index contributed by atoms with van der Waals surface area (Å²) in [6.45, 7) is 5.68. The Morgan fingerprint density at radius 3 is 2.65 bits per heavy atom. The summed E-state index contributed by atoms with van der Waals surface area (Å²) < 4.78 is 0. The highest BCUT2D eigenvalue weighted by atomic mass is 32.1. The van der Waals surface area contributed by atoms with Crippen LogP contribution < -0.4 is 10.2 Å². The van der Waals surface area contributed by atoms with Crippen LogP contribution in [-0.4, -0.2) is 29.0 Å². The highest BCUT2D eigenvalue weighted by Crippen LogP contribution is 2.27. The number of aromatic nitrogens is 1. The van der Waals surface area contributed by atoms with Gasteiger partial charge in [0.15, 0.2) is 5.13 Å². The number of piperidine rings is 1. The summed E-state index contributed by atoms with van der Waals surface area (Å²) in [7, 11) is 0. The Kier molecular flexibility index (Phi) is 4.47. The van der Waals surface area contributed by atoms with Crippen molar-refractivity contribution in [2.45, 2.75) is 32.7 Å². The van der Waals surface area contributed by atoms with Gasteiger partial charge in [-0.05, 0) is 38.8 Å². The van der Waals surface area contributed by atoms with E-state index in [1.807, 2.05) is 19.1 Å². The number of nitro groups is 1. The van der Waals surface area contributed by atoms with E-state index in [9.17, 15) is 10.1 Å². The molecular weight excluding hydrogens is 312 g/mol. The molecule has 2 heterocycles. The minimum Gasteiger partial charge on any atom is -0.371 e. The second kappa shape index (κ2) is 6.54. The number of thiazole rings is 1. The zero-order valence-corrected chi connectivity index (χ0v) is 14.1. The third kappa shape index (κ3) is 3.61. The molecule has 0 atom stereocenters. The number of hydrogen-bond acceptors (Lipinski definition) is 6. The SMILES string of the molecule is Cc1csc(NC2CCN(c3ccc([N+](=O)[O-])c(C)c3)CC2)n1. The third-order valence-corrected chi connectivity index (χ3v) is 5.08. The van der Waals surface area contributed by atoms with E-state index < -0.39 is 0 Å². The highest BCUT2D eigenvalue weighted by molar-refractivity contribution is 7.13. The van der Waals surface area contributed by atoms with E-state index in [1.54, 1.807) is 24.3 Å². The fraction of sp³-hybridized carbons (Fsp3) is 0.438. The molecule has 1 fully saturated rings. The molecule has 0 radical (unpaired) electrons. The normalized spacial score (nSPS) is 15.7. The van der Waals surface area contributed by atoms with Crippen LogP contribution in [0.2, 0.25) is 0 Å². The van der Waals surface area contributed by atoms with Crippen molar-refractivity contribution < 1.29 is 4.92 Å². The Morgan fingerprint density at radius 2 is 2.09 bits per heavy atom. The van der Waals surface area contributed by atoms with Gasteiger partial charge < -0.3 is 10.2 Å². The van der Waals surface area contributed by atoms with Crippen molar-refractivity contribution in [1.29, 1.82) is 0 Å². The number of nitrogens with one attached hydrogen (secondary N) is 1. The summed E-state index contributed by atoms with van der Waals surface area (Å²) >= 11 is 1.65. The van der Waals surface area contributed by atoms with Crippen molar-refractivity contribution in [2.24, 2.45) is 0 Å². The fourth-order valence-electron chi connectivity index (χ4n) is 2.92. The van der Waals surface area contributed by atoms with E-state index in [-0.39, 0.29) is 10.6 Å². The van der Waals surface area contributed by atoms with Crippen LogP contribution in [0.3, 0.4) is 0 Å². The number of benzene rings is 1. The smallest absolute Gasteiger partial charge is 0.272 e. The number of anilines is 2. The quantitative estimate of drug-likeness (QED) is 0.682. The maximum absolute atomic E-state index is 10.9. The van der Waals surface area contributed by atoms with Crippen LogP contribution in [0.15, 0.2) is 23.6 Å². The molecule has 0 spiro atoms. The molecule has 0 unspecified atom stereocenters. The van der Waals surface area contributed by atoms with Gasteiger partial charge in [0.1, 0.15) is 0 Å². The van der Waals surface area contributed by atoms with Gasteiger partial charge in [-0.15, -0.1) is 11.3 Å². The van der Waals surface area contributed by atoms with Crippen molar-refractivity contribution in [3.8, 4) is 0 Å². The molecule has 0 bridgehead atoms. The lowest BCUT2D eigenvalue weighted by atomic mass is 10.0. The molecular formula is C16H20N4O2S. The molecule has 0 amide bonds. The molecule has 3 rings (SSSR count). The van der Waals surface area contributed by atoms with Crippen molar-refractivity contribution in [2.75, 3.05) is 23.3 Å².